The first-order chi connectivity index (χ1) is 9.95. The molecular weight excluding hydrogens is 296 g/mol. The van der Waals surface area contributed by atoms with Crippen molar-refractivity contribution >= 4 is 29.3 Å². The molecule has 1 fully saturated rings. The van der Waals surface area contributed by atoms with Crippen LogP contribution in [0.3, 0.4) is 0 Å². The van der Waals surface area contributed by atoms with Crippen LogP contribution >= 0.6 is 11.6 Å². The molecule has 0 aromatic heterocycles. The Kier molecular flexibility index (Phi) is 4.80. The third-order valence-corrected chi connectivity index (χ3v) is 3.30. The number of carbonyl (C=O) groups excluding carboxylic acids is 3. The Morgan fingerprint density at radius 2 is 2.05 bits per heavy atom. The zero-order valence-electron chi connectivity index (χ0n) is 11.4. The maximum Gasteiger partial charge on any atom is 0.261 e. The van der Waals surface area contributed by atoms with Crippen molar-refractivity contribution in [2.45, 2.75) is 31.9 Å². The fourth-order valence-corrected chi connectivity index (χ4v) is 2.02. The van der Waals surface area contributed by atoms with Crippen LogP contribution in [-0.4, -0.2) is 29.9 Å². The van der Waals surface area contributed by atoms with Gasteiger partial charge in [-0.3, -0.25) is 19.7 Å². The van der Waals surface area contributed by atoms with E-state index in [1.807, 2.05) is 0 Å². The summed E-state index contributed by atoms with van der Waals surface area (Å²) < 4.78 is 5.46. The van der Waals surface area contributed by atoms with Crippen molar-refractivity contribution in [1.29, 1.82) is 0 Å². The van der Waals surface area contributed by atoms with Gasteiger partial charge in [0, 0.05) is 11.4 Å². The van der Waals surface area contributed by atoms with Gasteiger partial charge in [0.15, 0.2) is 6.10 Å². The summed E-state index contributed by atoms with van der Waals surface area (Å²) in [5, 5.41) is 5.32. The number of carbonyl (C=O) groups is 3. The average Bonchev–Trinajstić information content (AvgIpc) is 2.44. The number of hydrogen-bond donors (Lipinski definition) is 2. The van der Waals surface area contributed by atoms with Crippen molar-refractivity contribution in [2.75, 3.05) is 0 Å². The molecule has 6 nitrogen and oxygen atoms in total. The van der Waals surface area contributed by atoms with E-state index in [9.17, 15) is 14.4 Å². The molecule has 1 aromatic rings. The monoisotopic (exact) mass is 310 g/mol. The first-order valence-corrected chi connectivity index (χ1v) is 6.90. The molecule has 0 radical (unpaired) electrons. The van der Waals surface area contributed by atoms with Gasteiger partial charge in [0.2, 0.25) is 11.8 Å². The number of nitrogens with one attached hydrogen (secondary N) is 2. The highest BCUT2D eigenvalue weighted by molar-refractivity contribution is 6.30. The van der Waals surface area contributed by atoms with Crippen molar-refractivity contribution in [2.24, 2.45) is 0 Å². The molecule has 0 aliphatic carbocycles. The Bertz CT molecular complexity index is 559. The van der Waals surface area contributed by atoms with Gasteiger partial charge in [-0.25, -0.2) is 0 Å². The number of halogens is 1. The molecule has 3 amide bonds. The van der Waals surface area contributed by atoms with E-state index in [4.69, 9.17) is 16.3 Å². The first kappa shape index (κ1) is 15.3. The van der Waals surface area contributed by atoms with E-state index in [-0.39, 0.29) is 12.3 Å². The Morgan fingerprint density at radius 3 is 2.67 bits per heavy atom. The first-order valence-electron chi connectivity index (χ1n) is 6.52. The summed E-state index contributed by atoms with van der Waals surface area (Å²) in [4.78, 5) is 34.6. The third-order valence-electron chi connectivity index (χ3n) is 3.05. The maximum atomic E-state index is 12.0. The molecule has 0 bridgehead atoms. The highest BCUT2D eigenvalue weighted by atomic mass is 35.5. The standard InChI is InChI=1S/C14H15ClN2O4/c1-8(21-10-4-2-9(15)3-5-10)13(19)16-11-6-7-12(18)17-14(11)20/h2-5,8,11H,6-7H2,1H3,(H,16,19)(H,17,18,20). The molecule has 112 valence electrons. The molecule has 2 atom stereocenters. The molecule has 2 unspecified atom stereocenters. The topological polar surface area (TPSA) is 84.5 Å². The van der Waals surface area contributed by atoms with Crippen LogP contribution in [0, 0.1) is 0 Å². The number of hydrogen-bond acceptors (Lipinski definition) is 4. The zero-order chi connectivity index (χ0) is 15.4. The lowest BCUT2D eigenvalue weighted by Crippen LogP contribution is -2.54. The lowest BCUT2D eigenvalue weighted by molar-refractivity contribution is -0.138. The van der Waals surface area contributed by atoms with Crippen LogP contribution in [-0.2, 0) is 14.4 Å². The molecule has 0 spiro atoms. The van der Waals surface area contributed by atoms with E-state index >= 15 is 0 Å². The summed E-state index contributed by atoms with van der Waals surface area (Å²) in [6, 6.07) is 5.91. The summed E-state index contributed by atoms with van der Waals surface area (Å²) >= 11 is 5.76. The third kappa shape index (κ3) is 4.19. The smallest absolute Gasteiger partial charge is 0.261 e. The summed E-state index contributed by atoms with van der Waals surface area (Å²) in [5.74, 6) is -0.723. The molecule has 2 rings (SSSR count). The predicted molar refractivity (Wildman–Crippen MR) is 75.9 cm³/mol. The van der Waals surface area contributed by atoms with Crippen molar-refractivity contribution in [3.8, 4) is 5.75 Å². The second-order valence-corrected chi connectivity index (χ2v) is 5.16. The van der Waals surface area contributed by atoms with Crippen LogP contribution in [0.15, 0.2) is 24.3 Å². The lowest BCUT2D eigenvalue weighted by Gasteiger charge is -2.23. The lowest BCUT2D eigenvalue weighted by atomic mass is 10.1. The van der Waals surface area contributed by atoms with Crippen LogP contribution in [0.1, 0.15) is 19.8 Å². The van der Waals surface area contributed by atoms with Crippen LogP contribution < -0.4 is 15.4 Å². The SMILES string of the molecule is CC(Oc1ccc(Cl)cc1)C(=O)NC1CCC(=O)NC1=O. The number of piperidine rings is 1. The van der Waals surface area contributed by atoms with Gasteiger partial charge in [0.1, 0.15) is 11.8 Å². The van der Waals surface area contributed by atoms with Crippen LogP contribution in [0.4, 0.5) is 0 Å². The van der Waals surface area contributed by atoms with Crippen molar-refractivity contribution in [3.05, 3.63) is 29.3 Å². The molecule has 1 saturated heterocycles. The van der Waals surface area contributed by atoms with E-state index in [0.717, 1.165) is 0 Å². The minimum absolute atomic E-state index is 0.211. The highest BCUT2D eigenvalue weighted by Gasteiger charge is 2.29. The Balaban J connectivity index is 1.89. The summed E-state index contributed by atoms with van der Waals surface area (Å²) in [5.41, 5.74) is 0. The Hall–Kier alpha value is -2.08. The zero-order valence-corrected chi connectivity index (χ0v) is 12.1. The molecule has 0 saturated carbocycles. The molecule has 7 heteroatoms. The van der Waals surface area contributed by atoms with Gasteiger partial charge in [-0.15, -0.1) is 0 Å². The summed E-state index contributed by atoms with van der Waals surface area (Å²) in [6.07, 6.45) is -0.260. The van der Waals surface area contributed by atoms with Gasteiger partial charge < -0.3 is 10.1 Å². The van der Waals surface area contributed by atoms with Gasteiger partial charge in [-0.2, -0.15) is 0 Å². The number of rotatable bonds is 4. The van der Waals surface area contributed by atoms with Gasteiger partial charge in [0.25, 0.3) is 5.91 Å². The number of amides is 3. The van der Waals surface area contributed by atoms with Crippen molar-refractivity contribution < 1.29 is 19.1 Å². The fraction of sp³-hybridized carbons (Fsp3) is 0.357. The van der Waals surface area contributed by atoms with E-state index < -0.39 is 24.0 Å². The van der Waals surface area contributed by atoms with Crippen molar-refractivity contribution in [3.63, 3.8) is 0 Å². The van der Waals surface area contributed by atoms with E-state index in [1.165, 1.54) is 0 Å². The molecule has 1 aliphatic heterocycles. The van der Waals surface area contributed by atoms with E-state index in [0.29, 0.717) is 17.2 Å². The fourth-order valence-electron chi connectivity index (χ4n) is 1.89. The maximum absolute atomic E-state index is 12.0. The molecular formula is C14H15ClN2O4. The Labute approximate surface area is 126 Å². The number of benzene rings is 1. The molecule has 2 N–H and O–H groups in total. The predicted octanol–water partition coefficient (Wildman–Crippen LogP) is 1.03. The van der Waals surface area contributed by atoms with E-state index in [1.54, 1.807) is 31.2 Å². The average molecular weight is 311 g/mol. The number of ether oxygens (including phenoxy) is 1. The largest absolute Gasteiger partial charge is 0.481 e. The van der Waals surface area contributed by atoms with Gasteiger partial charge >= 0.3 is 0 Å². The van der Waals surface area contributed by atoms with Gasteiger partial charge in [-0.1, -0.05) is 11.6 Å². The second kappa shape index (κ2) is 6.58. The Morgan fingerprint density at radius 1 is 1.38 bits per heavy atom. The molecule has 21 heavy (non-hydrogen) atoms. The normalized spacial score (nSPS) is 19.6. The van der Waals surface area contributed by atoms with Gasteiger partial charge in [-0.05, 0) is 37.6 Å². The van der Waals surface area contributed by atoms with Crippen LogP contribution in [0.25, 0.3) is 0 Å². The van der Waals surface area contributed by atoms with Crippen LogP contribution in [0.2, 0.25) is 5.02 Å². The molecule has 1 aromatic carbocycles. The minimum atomic E-state index is -0.767. The van der Waals surface area contributed by atoms with Gasteiger partial charge in [0.05, 0.1) is 0 Å². The van der Waals surface area contributed by atoms with E-state index in [2.05, 4.69) is 10.6 Å². The summed E-state index contributed by atoms with van der Waals surface area (Å²) in [7, 11) is 0. The second-order valence-electron chi connectivity index (χ2n) is 4.73. The minimum Gasteiger partial charge on any atom is -0.481 e. The quantitative estimate of drug-likeness (QED) is 0.814. The summed E-state index contributed by atoms with van der Waals surface area (Å²) in [6.45, 7) is 1.58. The highest BCUT2D eigenvalue weighted by Crippen LogP contribution is 2.17. The number of imide groups is 1. The molecule has 1 heterocycles. The molecule has 1 aliphatic rings. The van der Waals surface area contributed by atoms with Crippen LogP contribution in [0.5, 0.6) is 5.75 Å². The van der Waals surface area contributed by atoms with Crippen molar-refractivity contribution in [1.82, 2.24) is 10.6 Å².